The van der Waals surface area contributed by atoms with Gasteiger partial charge in [-0.2, -0.15) is 20.1 Å². The van der Waals surface area contributed by atoms with E-state index in [0.717, 1.165) is 0 Å². The summed E-state index contributed by atoms with van der Waals surface area (Å²) in [5.41, 5.74) is 2.37. The van der Waals surface area contributed by atoms with Gasteiger partial charge in [0, 0.05) is 18.9 Å². The Kier molecular flexibility index (Phi) is 4.43. The number of nitrogens with zero attached hydrogens (tertiary/aromatic N) is 5. The molecule has 0 saturated heterocycles. The van der Waals surface area contributed by atoms with Crippen LogP contribution >= 0.6 is 0 Å². The monoisotopic (exact) mass is 278 g/mol. The second-order valence-electron chi connectivity index (χ2n) is 4.57. The van der Waals surface area contributed by atoms with Gasteiger partial charge in [0.25, 0.3) is 5.95 Å². The fourth-order valence-corrected chi connectivity index (χ4v) is 1.43. The predicted molar refractivity (Wildman–Crippen MR) is 74.1 cm³/mol. The SMILES string of the molecule is CC(C)C(O)CNc1nc(NN)nc(-n2cccn2)n1. The quantitative estimate of drug-likeness (QED) is 0.421. The largest absolute Gasteiger partial charge is 0.391 e. The van der Waals surface area contributed by atoms with Gasteiger partial charge in [-0.1, -0.05) is 13.8 Å². The first-order valence-electron chi connectivity index (χ1n) is 6.25. The van der Waals surface area contributed by atoms with E-state index in [0.29, 0.717) is 18.4 Å². The number of aliphatic hydroxyl groups is 1. The van der Waals surface area contributed by atoms with Gasteiger partial charge >= 0.3 is 0 Å². The number of nitrogen functional groups attached to an aromatic ring is 1. The van der Waals surface area contributed by atoms with Gasteiger partial charge in [0.1, 0.15) is 0 Å². The van der Waals surface area contributed by atoms with Crippen LogP contribution < -0.4 is 16.6 Å². The average molecular weight is 278 g/mol. The smallest absolute Gasteiger partial charge is 0.257 e. The Morgan fingerprint density at radius 2 is 2.05 bits per heavy atom. The minimum absolute atomic E-state index is 0.141. The second kappa shape index (κ2) is 6.26. The minimum atomic E-state index is -0.491. The van der Waals surface area contributed by atoms with Crippen molar-refractivity contribution >= 4 is 11.9 Å². The molecule has 1 unspecified atom stereocenters. The van der Waals surface area contributed by atoms with Crippen LogP contribution in [0.4, 0.5) is 11.9 Å². The molecule has 0 saturated carbocycles. The van der Waals surface area contributed by atoms with Gasteiger partial charge in [-0.25, -0.2) is 10.5 Å². The van der Waals surface area contributed by atoms with Crippen molar-refractivity contribution in [2.75, 3.05) is 17.3 Å². The van der Waals surface area contributed by atoms with Crippen molar-refractivity contribution in [1.29, 1.82) is 0 Å². The molecular formula is C11H18N8O. The molecule has 5 N–H and O–H groups in total. The van der Waals surface area contributed by atoms with Crippen LogP contribution in [0.25, 0.3) is 5.95 Å². The Balaban J connectivity index is 2.18. The Morgan fingerprint density at radius 1 is 1.30 bits per heavy atom. The molecule has 0 fully saturated rings. The number of nitrogens with two attached hydrogens (primary N) is 1. The topological polar surface area (TPSA) is 127 Å². The third kappa shape index (κ3) is 3.39. The minimum Gasteiger partial charge on any atom is -0.391 e. The fraction of sp³-hybridized carbons (Fsp3) is 0.455. The highest BCUT2D eigenvalue weighted by Gasteiger charge is 2.11. The number of anilines is 2. The van der Waals surface area contributed by atoms with Crippen molar-refractivity contribution in [2.24, 2.45) is 11.8 Å². The molecule has 0 spiro atoms. The molecule has 2 rings (SSSR count). The third-order valence-electron chi connectivity index (χ3n) is 2.70. The Morgan fingerprint density at radius 3 is 2.65 bits per heavy atom. The van der Waals surface area contributed by atoms with Gasteiger partial charge in [0.05, 0.1) is 6.10 Å². The van der Waals surface area contributed by atoms with Gasteiger partial charge < -0.3 is 10.4 Å². The van der Waals surface area contributed by atoms with Crippen molar-refractivity contribution in [2.45, 2.75) is 20.0 Å². The zero-order valence-corrected chi connectivity index (χ0v) is 11.4. The first-order valence-corrected chi connectivity index (χ1v) is 6.25. The van der Waals surface area contributed by atoms with E-state index in [1.165, 1.54) is 4.68 Å². The number of aromatic nitrogens is 5. The molecule has 2 aromatic heterocycles. The number of rotatable bonds is 6. The molecule has 0 aliphatic heterocycles. The summed E-state index contributed by atoms with van der Waals surface area (Å²) in [4.78, 5) is 12.4. The summed E-state index contributed by atoms with van der Waals surface area (Å²) in [6.07, 6.45) is 2.84. The van der Waals surface area contributed by atoms with E-state index in [1.54, 1.807) is 18.5 Å². The lowest BCUT2D eigenvalue weighted by Crippen LogP contribution is -2.26. The summed E-state index contributed by atoms with van der Waals surface area (Å²) >= 11 is 0. The molecule has 1 atom stereocenters. The number of hydrogen-bond donors (Lipinski definition) is 4. The molecule has 0 amide bonds. The van der Waals surface area contributed by atoms with Gasteiger partial charge in [-0.3, -0.25) is 5.43 Å². The summed E-state index contributed by atoms with van der Waals surface area (Å²) in [6, 6.07) is 1.76. The summed E-state index contributed by atoms with van der Waals surface area (Å²) in [5, 5.41) is 16.8. The zero-order valence-electron chi connectivity index (χ0n) is 11.4. The van der Waals surface area contributed by atoms with Crippen LogP contribution in [-0.4, -0.2) is 42.5 Å². The van der Waals surface area contributed by atoms with Crippen LogP contribution in [0.2, 0.25) is 0 Å². The van der Waals surface area contributed by atoms with Crippen molar-refractivity contribution in [3.63, 3.8) is 0 Å². The van der Waals surface area contributed by atoms with Crippen molar-refractivity contribution in [3.05, 3.63) is 18.5 Å². The first kappa shape index (κ1) is 14.2. The van der Waals surface area contributed by atoms with Crippen LogP contribution in [0.3, 0.4) is 0 Å². The second-order valence-corrected chi connectivity index (χ2v) is 4.57. The van der Waals surface area contributed by atoms with Crippen LogP contribution in [0, 0.1) is 5.92 Å². The summed E-state index contributed by atoms with van der Waals surface area (Å²) < 4.78 is 1.49. The van der Waals surface area contributed by atoms with Crippen molar-refractivity contribution in [1.82, 2.24) is 24.7 Å². The maximum Gasteiger partial charge on any atom is 0.257 e. The predicted octanol–water partition coefficient (Wildman–Crippen LogP) is -0.228. The molecule has 9 nitrogen and oxygen atoms in total. The Labute approximate surface area is 116 Å². The van der Waals surface area contributed by atoms with Crippen LogP contribution in [0.1, 0.15) is 13.8 Å². The normalized spacial score (nSPS) is 12.4. The number of hydrogen-bond acceptors (Lipinski definition) is 8. The van der Waals surface area contributed by atoms with E-state index in [-0.39, 0.29) is 11.9 Å². The fourth-order valence-electron chi connectivity index (χ4n) is 1.43. The number of nitrogens with one attached hydrogen (secondary N) is 2. The third-order valence-corrected chi connectivity index (χ3v) is 2.70. The summed E-state index contributed by atoms with van der Waals surface area (Å²) in [7, 11) is 0. The van der Waals surface area contributed by atoms with E-state index in [1.807, 2.05) is 13.8 Å². The van der Waals surface area contributed by atoms with Gasteiger partial charge in [-0.05, 0) is 12.0 Å². The highest BCUT2D eigenvalue weighted by atomic mass is 16.3. The van der Waals surface area contributed by atoms with Crippen LogP contribution in [0.5, 0.6) is 0 Å². The van der Waals surface area contributed by atoms with E-state index in [9.17, 15) is 5.11 Å². The molecule has 108 valence electrons. The van der Waals surface area contributed by atoms with Crippen LogP contribution in [0.15, 0.2) is 18.5 Å². The van der Waals surface area contributed by atoms with Crippen molar-refractivity contribution < 1.29 is 5.11 Å². The van der Waals surface area contributed by atoms with E-state index >= 15 is 0 Å². The molecular weight excluding hydrogens is 260 g/mol. The Hall–Kier alpha value is -2.26. The van der Waals surface area contributed by atoms with E-state index < -0.39 is 6.10 Å². The standard InChI is InChI=1S/C11H18N8O/c1-7(2)8(20)6-13-9-15-10(18-12)17-11(16-9)19-5-3-4-14-19/h3-5,7-8,20H,6,12H2,1-2H3,(H2,13,15,16,17,18). The number of hydrazine groups is 1. The average Bonchev–Trinajstić information content (AvgIpc) is 2.98. The lowest BCUT2D eigenvalue weighted by Gasteiger charge is -2.15. The maximum atomic E-state index is 9.78. The van der Waals surface area contributed by atoms with E-state index in [4.69, 9.17) is 5.84 Å². The highest BCUT2D eigenvalue weighted by Crippen LogP contribution is 2.09. The Bertz CT molecular complexity index is 541. The van der Waals surface area contributed by atoms with Gasteiger partial charge in [0.15, 0.2) is 0 Å². The molecule has 2 heterocycles. The molecule has 0 aromatic carbocycles. The lowest BCUT2D eigenvalue weighted by atomic mass is 10.1. The molecule has 20 heavy (non-hydrogen) atoms. The molecule has 0 bridgehead atoms. The highest BCUT2D eigenvalue weighted by molar-refractivity contribution is 5.36. The summed E-state index contributed by atoms with van der Waals surface area (Å²) in [6.45, 7) is 4.20. The first-order chi connectivity index (χ1) is 9.60. The molecule has 9 heteroatoms. The summed E-state index contributed by atoms with van der Waals surface area (Å²) in [5.74, 6) is 6.34. The molecule has 0 aliphatic carbocycles. The van der Waals surface area contributed by atoms with Gasteiger partial charge in [-0.15, -0.1) is 0 Å². The van der Waals surface area contributed by atoms with Crippen LogP contribution in [-0.2, 0) is 0 Å². The number of aliphatic hydroxyl groups excluding tert-OH is 1. The van der Waals surface area contributed by atoms with Crippen molar-refractivity contribution in [3.8, 4) is 5.95 Å². The van der Waals surface area contributed by atoms with Gasteiger partial charge in [0.2, 0.25) is 11.9 Å². The molecule has 0 radical (unpaired) electrons. The van der Waals surface area contributed by atoms with E-state index in [2.05, 4.69) is 30.8 Å². The molecule has 2 aromatic rings. The lowest BCUT2D eigenvalue weighted by molar-refractivity contribution is 0.137. The maximum absolute atomic E-state index is 9.78. The zero-order chi connectivity index (χ0) is 14.5. The molecule has 0 aliphatic rings.